The monoisotopic (exact) mass is 268 g/mol. The van der Waals surface area contributed by atoms with Crippen molar-refractivity contribution in [1.29, 1.82) is 0 Å². The van der Waals surface area contributed by atoms with Crippen LogP contribution in [0.4, 0.5) is 14.9 Å². The molecule has 1 aromatic carbocycles. The van der Waals surface area contributed by atoms with Crippen LogP contribution >= 0.6 is 0 Å². The number of likely N-dealkylation sites (N-methyl/N-ethyl adjacent to an activating group) is 1. The number of carboxylic acids is 1. The summed E-state index contributed by atoms with van der Waals surface area (Å²) in [5.74, 6) is -1.45. The number of urea groups is 1. The lowest BCUT2D eigenvalue weighted by Crippen LogP contribution is -2.44. The third-order valence-electron chi connectivity index (χ3n) is 2.89. The van der Waals surface area contributed by atoms with Crippen molar-refractivity contribution in [3.63, 3.8) is 0 Å². The maximum Gasteiger partial charge on any atom is 0.326 e. The minimum absolute atomic E-state index is 0.307. The van der Waals surface area contributed by atoms with E-state index in [4.69, 9.17) is 5.11 Å². The molecule has 0 radical (unpaired) electrons. The Bertz CT molecular complexity index is 491. The number of carboxylic acid groups (broad SMARTS) is 1. The van der Waals surface area contributed by atoms with Crippen molar-refractivity contribution in [3.8, 4) is 0 Å². The van der Waals surface area contributed by atoms with E-state index in [-0.39, 0.29) is 5.82 Å². The highest BCUT2D eigenvalue weighted by atomic mass is 19.1. The van der Waals surface area contributed by atoms with E-state index in [0.717, 1.165) is 4.90 Å². The Balaban J connectivity index is 2.81. The third kappa shape index (κ3) is 3.67. The van der Waals surface area contributed by atoms with E-state index in [0.29, 0.717) is 17.7 Å². The zero-order valence-corrected chi connectivity index (χ0v) is 11.1. The molecule has 1 aromatic rings. The van der Waals surface area contributed by atoms with E-state index in [1.165, 1.54) is 25.2 Å². The van der Waals surface area contributed by atoms with Crippen LogP contribution in [0.2, 0.25) is 0 Å². The third-order valence-corrected chi connectivity index (χ3v) is 2.89. The molecule has 19 heavy (non-hydrogen) atoms. The lowest BCUT2D eigenvalue weighted by Gasteiger charge is -2.24. The fraction of sp³-hybridized carbons (Fsp3) is 0.385. The van der Waals surface area contributed by atoms with E-state index < -0.39 is 18.0 Å². The Morgan fingerprint density at radius 2 is 2.11 bits per heavy atom. The van der Waals surface area contributed by atoms with Gasteiger partial charge in [-0.15, -0.1) is 0 Å². The number of nitrogens with zero attached hydrogens (tertiary/aromatic N) is 1. The first-order chi connectivity index (χ1) is 8.86. The molecule has 0 aliphatic rings. The Labute approximate surface area is 111 Å². The minimum Gasteiger partial charge on any atom is -0.480 e. The first-order valence-electron chi connectivity index (χ1n) is 5.89. The van der Waals surface area contributed by atoms with Gasteiger partial charge in [-0.25, -0.2) is 14.0 Å². The predicted octanol–water partition coefficient (Wildman–Crippen LogP) is 2.46. The zero-order chi connectivity index (χ0) is 14.6. The van der Waals surface area contributed by atoms with Crippen LogP contribution in [0.1, 0.15) is 18.9 Å². The molecule has 0 aromatic heterocycles. The highest BCUT2D eigenvalue weighted by Crippen LogP contribution is 2.16. The Hall–Kier alpha value is -2.11. The molecule has 0 saturated carbocycles. The quantitative estimate of drug-likeness (QED) is 0.881. The minimum atomic E-state index is -1.06. The van der Waals surface area contributed by atoms with Crippen LogP contribution in [-0.4, -0.2) is 35.1 Å². The molecule has 6 heteroatoms. The number of rotatable bonds is 4. The number of hydrogen-bond acceptors (Lipinski definition) is 2. The molecule has 5 nitrogen and oxygen atoms in total. The fourth-order valence-corrected chi connectivity index (χ4v) is 1.73. The van der Waals surface area contributed by atoms with Crippen molar-refractivity contribution in [1.82, 2.24) is 4.90 Å². The van der Waals surface area contributed by atoms with Gasteiger partial charge in [-0.05, 0) is 37.1 Å². The Kier molecular flexibility index (Phi) is 4.86. The van der Waals surface area contributed by atoms with Gasteiger partial charge in [0.15, 0.2) is 0 Å². The van der Waals surface area contributed by atoms with Crippen LogP contribution in [0, 0.1) is 12.7 Å². The van der Waals surface area contributed by atoms with Gasteiger partial charge >= 0.3 is 12.0 Å². The largest absolute Gasteiger partial charge is 0.480 e. The Morgan fingerprint density at radius 3 is 2.58 bits per heavy atom. The maximum atomic E-state index is 12.9. The van der Waals surface area contributed by atoms with Gasteiger partial charge in [0, 0.05) is 12.7 Å². The van der Waals surface area contributed by atoms with Gasteiger partial charge in [0.05, 0.1) is 0 Å². The van der Waals surface area contributed by atoms with Gasteiger partial charge in [0.2, 0.25) is 0 Å². The summed E-state index contributed by atoms with van der Waals surface area (Å²) in [6.07, 6.45) is 0.307. The number of benzene rings is 1. The van der Waals surface area contributed by atoms with Crippen LogP contribution in [0.3, 0.4) is 0 Å². The van der Waals surface area contributed by atoms with Crippen molar-refractivity contribution >= 4 is 17.7 Å². The average molecular weight is 268 g/mol. The maximum absolute atomic E-state index is 12.9. The summed E-state index contributed by atoms with van der Waals surface area (Å²) < 4.78 is 12.9. The van der Waals surface area contributed by atoms with Crippen molar-refractivity contribution in [2.75, 3.05) is 12.4 Å². The summed E-state index contributed by atoms with van der Waals surface area (Å²) in [5, 5.41) is 11.5. The molecule has 2 N–H and O–H groups in total. The van der Waals surface area contributed by atoms with E-state index >= 15 is 0 Å². The second-order valence-electron chi connectivity index (χ2n) is 4.26. The number of hydrogen-bond donors (Lipinski definition) is 2. The second kappa shape index (κ2) is 6.17. The summed E-state index contributed by atoms with van der Waals surface area (Å²) >= 11 is 0. The van der Waals surface area contributed by atoms with Crippen LogP contribution in [0.15, 0.2) is 18.2 Å². The van der Waals surface area contributed by atoms with Gasteiger partial charge < -0.3 is 15.3 Å². The van der Waals surface area contributed by atoms with Crippen LogP contribution in [0.25, 0.3) is 0 Å². The van der Waals surface area contributed by atoms with Crippen molar-refractivity contribution in [2.24, 2.45) is 0 Å². The molecule has 1 rings (SSSR count). The summed E-state index contributed by atoms with van der Waals surface area (Å²) in [6.45, 7) is 3.35. The number of halogens is 1. The zero-order valence-electron chi connectivity index (χ0n) is 11.1. The molecule has 1 atom stereocenters. The molecule has 0 spiro atoms. The number of aliphatic carboxylic acids is 1. The van der Waals surface area contributed by atoms with Gasteiger partial charge in [-0.2, -0.15) is 0 Å². The fourth-order valence-electron chi connectivity index (χ4n) is 1.73. The number of carbonyl (C=O) groups excluding carboxylic acids is 1. The van der Waals surface area contributed by atoms with Crippen molar-refractivity contribution in [2.45, 2.75) is 26.3 Å². The van der Waals surface area contributed by atoms with E-state index in [1.807, 2.05) is 0 Å². The average Bonchev–Trinajstić information content (AvgIpc) is 2.32. The van der Waals surface area contributed by atoms with Gasteiger partial charge in [0.25, 0.3) is 0 Å². The molecule has 0 heterocycles. The van der Waals surface area contributed by atoms with Crippen molar-refractivity contribution in [3.05, 3.63) is 29.6 Å². The van der Waals surface area contributed by atoms with Gasteiger partial charge in [-0.3, -0.25) is 0 Å². The van der Waals surface area contributed by atoms with Crippen LogP contribution in [0.5, 0.6) is 0 Å². The number of aryl methyl sites for hydroxylation is 1. The molecular formula is C13H17FN2O3. The van der Waals surface area contributed by atoms with Crippen LogP contribution < -0.4 is 5.32 Å². The molecule has 1 unspecified atom stereocenters. The summed E-state index contributed by atoms with van der Waals surface area (Å²) in [5.41, 5.74) is 1.03. The molecule has 2 amide bonds. The first kappa shape index (κ1) is 14.9. The molecule has 0 saturated heterocycles. The topological polar surface area (TPSA) is 69.6 Å². The smallest absolute Gasteiger partial charge is 0.326 e. The lowest BCUT2D eigenvalue weighted by atomic mass is 10.2. The second-order valence-corrected chi connectivity index (χ2v) is 4.26. The summed E-state index contributed by atoms with van der Waals surface area (Å²) in [7, 11) is 1.41. The van der Waals surface area contributed by atoms with E-state index in [1.54, 1.807) is 13.8 Å². The standard InChI is InChI=1S/C13H17FN2O3/c1-4-11(12(17)18)16(3)13(19)15-10-6-5-9(14)7-8(10)2/h5-7,11H,4H2,1-3H3,(H,15,19)(H,17,18). The number of carbonyl (C=O) groups is 2. The normalized spacial score (nSPS) is 11.8. The number of anilines is 1. The highest BCUT2D eigenvalue weighted by Gasteiger charge is 2.24. The molecule has 0 fully saturated rings. The van der Waals surface area contributed by atoms with Crippen molar-refractivity contribution < 1.29 is 19.1 Å². The molecule has 0 bridgehead atoms. The SMILES string of the molecule is CCC(C(=O)O)N(C)C(=O)Nc1ccc(F)cc1C. The summed E-state index contributed by atoms with van der Waals surface area (Å²) in [4.78, 5) is 24.0. The van der Waals surface area contributed by atoms with Gasteiger partial charge in [0.1, 0.15) is 11.9 Å². The predicted molar refractivity (Wildman–Crippen MR) is 69.6 cm³/mol. The van der Waals surface area contributed by atoms with E-state index in [2.05, 4.69) is 5.32 Å². The van der Waals surface area contributed by atoms with E-state index in [9.17, 15) is 14.0 Å². The van der Waals surface area contributed by atoms with Gasteiger partial charge in [-0.1, -0.05) is 6.92 Å². The number of amides is 2. The summed E-state index contributed by atoms with van der Waals surface area (Å²) in [6, 6.07) is 2.55. The Morgan fingerprint density at radius 1 is 1.47 bits per heavy atom. The molecular weight excluding hydrogens is 251 g/mol. The lowest BCUT2D eigenvalue weighted by molar-refractivity contribution is -0.141. The molecule has 0 aliphatic heterocycles. The first-order valence-corrected chi connectivity index (χ1v) is 5.89. The number of nitrogens with one attached hydrogen (secondary N) is 1. The molecule has 104 valence electrons. The highest BCUT2D eigenvalue weighted by molar-refractivity contribution is 5.92. The van der Waals surface area contributed by atoms with Crippen LogP contribution in [-0.2, 0) is 4.79 Å². The molecule has 0 aliphatic carbocycles.